The molecule has 0 aliphatic heterocycles. The van der Waals surface area contributed by atoms with Crippen molar-refractivity contribution in [2.45, 2.75) is 0 Å². The minimum atomic E-state index is -2.51. The number of rotatable bonds is 0. The summed E-state index contributed by atoms with van der Waals surface area (Å²) in [5.41, 5.74) is 0. The van der Waals surface area contributed by atoms with E-state index in [9.17, 15) is 0 Å². The second-order valence-corrected chi connectivity index (χ2v) is 3.65. The summed E-state index contributed by atoms with van der Waals surface area (Å²) in [6, 6.07) is 16.5. The predicted octanol–water partition coefficient (Wildman–Crippen LogP) is -0.436. The van der Waals surface area contributed by atoms with Crippen molar-refractivity contribution >= 4 is 0 Å². The molecule has 0 unspecified atom stereocenters. The van der Waals surface area contributed by atoms with Gasteiger partial charge in [0.1, 0.15) is 0 Å². The zero-order valence-corrected chi connectivity index (χ0v) is 16.0. The van der Waals surface area contributed by atoms with Crippen LogP contribution in [0.15, 0.2) is 73.2 Å². The number of hydrogen-bond acceptors (Lipinski definition) is 5. The molecule has 0 amide bonds. The number of nitrogens with zero attached hydrogens (tertiary/aromatic N) is 3. The summed E-state index contributed by atoms with van der Waals surface area (Å²) in [6.45, 7) is 0. The van der Waals surface area contributed by atoms with Gasteiger partial charge < -0.3 is 19.7 Å². The minimum absolute atomic E-state index is 0. The van der Waals surface area contributed by atoms with E-state index in [0.717, 1.165) is 0 Å². The maximum absolute atomic E-state index is 8.58. The number of aromatic nitrogens is 3. The summed E-state index contributed by atoms with van der Waals surface area (Å²) in [6.07, 6.45) is 13.0. The smallest absolute Gasteiger partial charge is 0.0813 e. The van der Waals surface area contributed by atoms with Gasteiger partial charge in [-0.25, -0.2) is 0 Å². The van der Waals surface area contributed by atoms with Crippen molar-refractivity contribution in [3.63, 3.8) is 0 Å². The summed E-state index contributed by atoms with van der Waals surface area (Å²) < 4.78 is 17.2. The van der Waals surface area contributed by atoms with Crippen LogP contribution in [0.25, 0.3) is 0 Å². The van der Waals surface area contributed by atoms with Gasteiger partial charge in [-0.05, 0) is 0 Å². The van der Waals surface area contributed by atoms with Crippen LogP contribution in [0, 0.1) is 46.4 Å². The maximum atomic E-state index is 8.58. The Bertz CT molecular complexity index is 403. The molecule has 122 valence electrons. The first-order valence-electron chi connectivity index (χ1n) is 5.72. The molecule has 3 rings (SSSR count). The molecule has 0 atom stereocenters. The molecule has 0 N–H and O–H groups in total. The Morgan fingerprint density at radius 2 is 0.870 bits per heavy atom. The van der Waals surface area contributed by atoms with E-state index >= 15 is 0 Å². The molecule has 0 saturated heterocycles. The minimum Gasteiger partial charge on any atom is -0.394 e. The molecule has 0 aliphatic carbocycles. The van der Waals surface area contributed by atoms with Crippen LogP contribution in [0.3, 0.4) is 0 Å². The molecule has 0 bridgehead atoms. The fourth-order valence-corrected chi connectivity index (χ4v) is 0.832. The molecule has 0 fully saturated rings. The molecule has 0 spiro atoms. The molecular formula is C15H13F2N3O2U-4. The van der Waals surface area contributed by atoms with Crippen LogP contribution in [0.2, 0.25) is 0 Å². The first-order chi connectivity index (χ1) is 10.4. The van der Waals surface area contributed by atoms with Gasteiger partial charge in [0.15, 0.2) is 0 Å². The van der Waals surface area contributed by atoms with Crippen LogP contribution in [-0.4, -0.2) is 15.0 Å². The number of halogens is 2. The quantitative estimate of drug-likeness (QED) is 0.360. The van der Waals surface area contributed by atoms with E-state index in [0.29, 0.717) is 0 Å². The molecule has 5 nitrogen and oxygen atoms in total. The van der Waals surface area contributed by atoms with Crippen molar-refractivity contribution in [3.8, 4) is 0 Å². The molecule has 0 radical (unpaired) electrons. The summed E-state index contributed by atoms with van der Waals surface area (Å²) in [5, 5.41) is 0. The summed E-state index contributed by atoms with van der Waals surface area (Å²) in [7, 11) is 0. The Kier molecular flexibility index (Phi) is 28.1. The van der Waals surface area contributed by atoms with Gasteiger partial charge in [0.2, 0.25) is 0 Å². The molecule has 8 heteroatoms. The fraction of sp³-hybridized carbons (Fsp3) is 0. The van der Waals surface area contributed by atoms with Crippen molar-refractivity contribution in [3.05, 3.63) is 91.8 Å². The Morgan fingerprint density at radius 1 is 0.609 bits per heavy atom. The summed E-state index contributed by atoms with van der Waals surface area (Å²) >= 11 is -2.51. The Hall–Kier alpha value is -2.04. The van der Waals surface area contributed by atoms with E-state index in [2.05, 4.69) is 33.5 Å². The summed E-state index contributed by atoms with van der Waals surface area (Å²) in [4.78, 5) is 11.0. The molecule has 3 aromatic heterocycles. The third kappa shape index (κ3) is 25.3. The molecule has 0 saturated carbocycles. The van der Waals surface area contributed by atoms with Gasteiger partial charge in [0.05, 0.1) is 0 Å². The van der Waals surface area contributed by atoms with E-state index in [1.54, 1.807) is 36.8 Å². The van der Waals surface area contributed by atoms with Crippen LogP contribution < -0.4 is 4.70 Å². The van der Waals surface area contributed by atoms with E-state index in [1.165, 1.54) is 0 Å². The predicted molar refractivity (Wildman–Crippen MR) is 73.1 cm³/mol. The molecule has 0 aliphatic rings. The van der Waals surface area contributed by atoms with Gasteiger partial charge in [-0.15, -0.1) is 0 Å². The van der Waals surface area contributed by atoms with Crippen molar-refractivity contribution in [1.29, 1.82) is 0 Å². The average molecular weight is 543 g/mol. The topological polar surface area (TPSA) is 72.8 Å². The third-order valence-corrected chi connectivity index (χ3v) is 1.55. The van der Waals surface area contributed by atoms with Crippen molar-refractivity contribution in [2.24, 2.45) is 0 Å². The Balaban J connectivity index is -0.000000232. The van der Waals surface area contributed by atoms with Gasteiger partial charge in [-0.3, -0.25) is 4.70 Å². The molecule has 0 aromatic carbocycles. The largest absolute Gasteiger partial charge is 0.394 e. The van der Waals surface area contributed by atoms with Gasteiger partial charge in [0, 0.05) is 0 Å². The molecular weight excluding hydrogens is 530 g/mol. The van der Waals surface area contributed by atoms with Crippen LogP contribution >= 0.6 is 0 Å². The maximum Gasteiger partial charge on any atom is -0.0813 e. The molecule has 3 aromatic rings. The standard InChI is InChI=1S/3C5H4N.2FH.2O.U/c3*1-2-4-6-5-3-1;;;;;/h3*1-4H;2*1H;;;/q3*-1;;;;;/p-1. The third-order valence-electron chi connectivity index (χ3n) is 1.55. The Labute approximate surface area is 148 Å². The zero-order chi connectivity index (χ0) is 15.4. The molecule has 3 heterocycles. The zero-order valence-electron chi connectivity index (χ0n) is 11.9. The Morgan fingerprint density at radius 3 is 0.913 bits per heavy atom. The van der Waals surface area contributed by atoms with Crippen LogP contribution in [0.1, 0.15) is 0 Å². The second kappa shape index (κ2) is 24.9. The van der Waals surface area contributed by atoms with Gasteiger partial charge >= 0.3 is 32.3 Å². The normalized spacial score (nSPS) is 6.61. The van der Waals surface area contributed by atoms with E-state index in [4.69, 9.17) is 4.47 Å². The summed E-state index contributed by atoms with van der Waals surface area (Å²) in [5.74, 6) is 0. The van der Waals surface area contributed by atoms with Crippen molar-refractivity contribution in [1.82, 2.24) is 15.0 Å². The monoisotopic (exact) mass is 543 g/mol. The van der Waals surface area contributed by atoms with Crippen molar-refractivity contribution < 1.29 is 41.7 Å². The fourth-order valence-electron chi connectivity index (χ4n) is 0.832. The van der Waals surface area contributed by atoms with Gasteiger partial charge in [-0.2, -0.15) is 54.6 Å². The van der Waals surface area contributed by atoms with Crippen LogP contribution in [-0.2, 0) is 4.47 Å². The average Bonchev–Trinajstić information content (AvgIpc) is 2.61. The number of hydrogen-bond donors (Lipinski definition) is 0. The second-order valence-electron chi connectivity index (χ2n) is 2.96. The van der Waals surface area contributed by atoms with E-state index < -0.39 is 27.8 Å². The van der Waals surface area contributed by atoms with Crippen molar-refractivity contribution in [2.75, 3.05) is 0 Å². The molecule has 23 heavy (non-hydrogen) atoms. The van der Waals surface area contributed by atoms with Crippen LogP contribution in [0.5, 0.6) is 0 Å². The first kappa shape index (κ1) is 25.9. The first-order valence-corrected chi connectivity index (χ1v) is 9.12. The SMILES string of the molecule is F.[F-].[O]=[U]=[O].[c-]1ccccn1.[c-]1ccccn1.[c-]1ccccn1. The van der Waals surface area contributed by atoms with E-state index in [1.807, 2.05) is 36.4 Å². The van der Waals surface area contributed by atoms with Gasteiger partial charge in [0.25, 0.3) is 0 Å². The van der Waals surface area contributed by atoms with Crippen LogP contribution in [0.4, 0.5) is 4.70 Å². The van der Waals surface area contributed by atoms with E-state index in [-0.39, 0.29) is 9.41 Å². The number of pyridine rings is 3. The van der Waals surface area contributed by atoms with Gasteiger partial charge in [-0.1, -0.05) is 37.2 Å².